The van der Waals surface area contributed by atoms with Crippen molar-refractivity contribution in [3.8, 4) is 0 Å². The van der Waals surface area contributed by atoms with Crippen molar-refractivity contribution in [2.45, 2.75) is 48.8 Å². The molecule has 1 heterocycles. The van der Waals surface area contributed by atoms with Gasteiger partial charge >= 0.3 is 0 Å². The highest BCUT2D eigenvalue weighted by molar-refractivity contribution is 7.99. The fourth-order valence-electron chi connectivity index (χ4n) is 2.53. The fraction of sp³-hybridized carbons (Fsp3) is 0.412. The second kappa shape index (κ2) is 7.21. The zero-order valence-electron chi connectivity index (χ0n) is 14.8. The summed E-state index contributed by atoms with van der Waals surface area (Å²) in [6.45, 7) is 7.06. The van der Waals surface area contributed by atoms with Crippen LogP contribution < -0.4 is 11.3 Å². The molecular formula is C17H23N3O3S2. The van der Waals surface area contributed by atoms with Crippen LogP contribution in [-0.4, -0.2) is 23.7 Å². The third kappa shape index (κ3) is 3.32. The Hall–Kier alpha value is -1.80. The topological polar surface area (TPSA) is 95.0 Å². The van der Waals surface area contributed by atoms with Crippen molar-refractivity contribution in [2.24, 2.45) is 0 Å². The molecule has 0 bridgehead atoms. The molecule has 0 saturated carbocycles. The van der Waals surface area contributed by atoms with Gasteiger partial charge in [0.2, 0.25) is 9.84 Å². The second-order valence-electron chi connectivity index (χ2n) is 5.91. The molecule has 2 rings (SSSR count). The van der Waals surface area contributed by atoms with Crippen molar-refractivity contribution >= 4 is 27.4 Å². The first-order valence-electron chi connectivity index (χ1n) is 8.00. The number of hydrogen-bond donors (Lipinski definition) is 1. The lowest BCUT2D eigenvalue weighted by atomic mass is 10.2. The minimum absolute atomic E-state index is 0.124. The van der Waals surface area contributed by atoms with Crippen LogP contribution in [0.1, 0.15) is 32.8 Å². The van der Waals surface area contributed by atoms with Gasteiger partial charge in [-0.25, -0.2) is 13.4 Å². The average Bonchev–Trinajstić information content (AvgIpc) is 2.58. The summed E-state index contributed by atoms with van der Waals surface area (Å²) in [5.74, 6) is 0.762. The molecule has 1 unspecified atom stereocenters. The molecule has 0 radical (unpaired) electrons. The predicted octanol–water partition coefficient (Wildman–Crippen LogP) is 2.80. The highest BCUT2D eigenvalue weighted by atomic mass is 32.2. The van der Waals surface area contributed by atoms with E-state index in [1.54, 1.807) is 38.1 Å². The van der Waals surface area contributed by atoms with Crippen molar-refractivity contribution in [3.63, 3.8) is 0 Å². The van der Waals surface area contributed by atoms with Crippen LogP contribution in [0.4, 0.5) is 5.82 Å². The minimum atomic E-state index is -3.81. The van der Waals surface area contributed by atoms with E-state index in [1.165, 1.54) is 22.7 Å². The van der Waals surface area contributed by atoms with E-state index in [2.05, 4.69) is 4.98 Å². The number of nitrogens with two attached hydrogens (primary N) is 1. The van der Waals surface area contributed by atoms with E-state index in [0.29, 0.717) is 5.75 Å². The van der Waals surface area contributed by atoms with Crippen molar-refractivity contribution in [1.82, 2.24) is 9.55 Å². The minimum Gasteiger partial charge on any atom is -0.383 e. The highest BCUT2D eigenvalue weighted by Crippen LogP contribution is 2.33. The van der Waals surface area contributed by atoms with Crippen LogP contribution in [0.25, 0.3) is 0 Å². The predicted molar refractivity (Wildman–Crippen MR) is 102 cm³/mol. The van der Waals surface area contributed by atoms with Crippen molar-refractivity contribution in [3.05, 3.63) is 46.5 Å². The normalized spacial score (nSPS) is 14.2. The van der Waals surface area contributed by atoms with Gasteiger partial charge in [0, 0.05) is 0 Å². The Balaban J connectivity index is 2.71. The van der Waals surface area contributed by atoms with Gasteiger partial charge in [0.25, 0.3) is 5.56 Å². The zero-order chi connectivity index (χ0) is 18.8. The van der Waals surface area contributed by atoms with E-state index < -0.39 is 20.3 Å². The number of nitrogen functional groups attached to an aromatic ring is 1. The number of benzene rings is 1. The number of thioether (sulfide) groups is 1. The van der Waals surface area contributed by atoms with Crippen LogP contribution in [0.2, 0.25) is 0 Å². The van der Waals surface area contributed by atoms with Crippen LogP contribution in [-0.2, 0) is 14.7 Å². The molecule has 6 nitrogen and oxygen atoms in total. The molecule has 0 fully saturated rings. The number of anilines is 1. The molecule has 0 aliphatic carbocycles. The van der Waals surface area contributed by atoms with E-state index in [9.17, 15) is 13.2 Å². The Labute approximate surface area is 152 Å². The van der Waals surface area contributed by atoms with Gasteiger partial charge in [-0.3, -0.25) is 9.36 Å². The number of aryl methyl sites for hydroxylation is 1. The van der Waals surface area contributed by atoms with Crippen LogP contribution in [0, 0.1) is 6.92 Å². The van der Waals surface area contributed by atoms with Gasteiger partial charge in [-0.05, 0) is 38.2 Å². The van der Waals surface area contributed by atoms with Gasteiger partial charge in [0.15, 0.2) is 4.87 Å². The maximum atomic E-state index is 13.3. The van der Waals surface area contributed by atoms with Gasteiger partial charge < -0.3 is 5.73 Å². The Morgan fingerprint density at radius 2 is 1.84 bits per heavy atom. The summed E-state index contributed by atoms with van der Waals surface area (Å²) in [4.78, 5) is 15.9. The maximum Gasteiger partial charge on any atom is 0.270 e. The third-order valence-electron chi connectivity index (χ3n) is 4.32. The first-order chi connectivity index (χ1) is 11.7. The molecule has 0 aliphatic rings. The maximum absolute atomic E-state index is 13.3. The Bertz CT molecular complexity index is 921. The number of hydrogen-bond acceptors (Lipinski definition) is 6. The van der Waals surface area contributed by atoms with Crippen molar-refractivity contribution < 1.29 is 8.42 Å². The summed E-state index contributed by atoms with van der Waals surface area (Å²) >= 11 is 1.26. The molecule has 0 amide bonds. The smallest absolute Gasteiger partial charge is 0.270 e. The first-order valence-corrected chi connectivity index (χ1v) is 10.5. The standard InChI is InChI=1S/C17H23N3O3S2/c1-5-17(4,25(22,23)13-9-7-12(3)8-10-13)20-11-19-15(18)14(16(20)21)24-6-2/h7-11H,5-6,18H2,1-4H3. The van der Waals surface area contributed by atoms with Gasteiger partial charge in [-0.1, -0.05) is 31.5 Å². The third-order valence-corrected chi connectivity index (χ3v) is 7.82. The van der Waals surface area contributed by atoms with Crippen LogP contribution >= 0.6 is 11.8 Å². The molecular weight excluding hydrogens is 358 g/mol. The largest absolute Gasteiger partial charge is 0.383 e. The summed E-state index contributed by atoms with van der Waals surface area (Å²) in [5, 5.41) is 0. The Kier molecular flexibility index (Phi) is 5.63. The molecule has 0 aliphatic heterocycles. The number of rotatable bonds is 6. The highest BCUT2D eigenvalue weighted by Gasteiger charge is 2.42. The van der Waals surface area contributed by atoms with Crippen LogP contribution in [0.15, 0.2) is 45.2 Å². The van der Waals surface area contributed by atoms with E-state index >= 15 is 0 Å². The van der Waals surface area contributed by atoms with E-state index in [4.69, 9.17) is 5.73 Å². The average molecular weight is 382 g/mol. The number of nitrogens with zero attached hydrogens (tertiary/aromatic N) is 2. The first kappa shape index (κ1) is 19.5. The van der Waals surface area contributed by atoms with Crippen molar-refractivity contribution in [2.75, 3.05) is 11.5 Å². The van der Waals surface area contributed by atoms with Crippen LogP contribution in [0.3, 0.4) is 0 Å². The van der Waals surface area contributed by atoms with Gasteiger partial charge in [-0.15, -0.1) is 11.8 Å². The molecule has 25 heavy (non-hydrogen) atoms. The van der Waals surface area contributed by atoms with Crippen LogP contribution in [0.5, 0.6) is 0 Å². The molecule has 8 heteroatoms. The molecule has 0 spiro atoms. The van der Waals surface area contributed by atoms with E-state index in [1.807, 2.05) is 13.8 Å². The second-order valence-corrected chi connectivity index (χ2v) is 9.54. The molecule has 0 saturated heterocycles. The zero-order valence-corrected chi connectivity index (χ0v) is 16.4. The molecule has 1 atom stereocenters. The number of sulfone groups is 1. The molecule has 1 aromatic carbocycles. The summed E-state index contributed by atoms with van der Waals surface area (Å²) < 4.78 is 27.7. The number of aromatic nitrogens is 2. The summed E-state index contributed by atoms with van der Waals surface area (Å²) in [6, 6.07) is 6.61. The lowest BCUT2D eigenvalue weighted by Gasteiger charge is -2.30. The van der Waals surface area contributed by atoms with Gasteiger partial charge in [0.05, 0.1) is 4.90 Å². The van der Waals surface area contributed by atoms with E-state index in [0.717, 1.165) is 5.56 Å². The van der Waals surface area contributed by atoms with Crippen molar-refractivity contribution in [1.29, 1.82) is 0 Å². The molecule has 1 aromatic heterocycles. The summed E-state index contributed by atoms with van der Waals surface area (Å²) in [6.07, 6.45) is 1.44. The Morgan fingerprint density at radius 1 is 1.24 bits per heavy atom. The quantitative estimate of drug-likeness (QED) is 0.773. The molecule has 136 valence electrons. The fourth-order valence-corrected chi connectivity index (χ4v) is 5.01. The van der Waals surface area contributed by atoms with Gasteiger partial charge in [0.1, 0.15) is 17.0 Å². The monoisotopic (exact) mass is 381 g/mol. The van der Waals surface area contributed by atoms with E-state index in [-0.39, 0.29) is 22.0 Å². The summed E-state index contributed by atoms with van der Waals surface area (Å²) in [5.41, 5.74) is 6.34. The SMILES string of the molecule is CCSc1c(N)ncn(C(C)(CC)S(=O)(=O)c2ccc(C)cc2)c1=O. The lowest BCUT2D eigenvalue weighted by Crippen LogP contribution is -2.45. The lowest BCUT2D eigenvalue weighted by molar-refractivity contribution is 0.402. The summed E-state index contributed by atoms with van der Waals surface area (Å²) in [7, 11) is -3.81. The molecule has 2 N–H and O–H groups in total. The van der Waals surface area contributed by atoms with Gasteiger partial charge in [-0.2, -0.15) is 0 Å². The Morgan fingerprint density at radius 3 is 2.36 bits per heavy atom. The molecule has 2 aromatic rings.